The SMILES string of the molecule is CCCOc1ccccc1CCCNC(=O)[C@@H](CC)Oc1cccc(C)c1. The number of hydrogen-bond acceptors (Lipinski definition) is 3. The van der Waals surface area contributed by atoms with Crippen LogP contribution in [0.2, 0.25) is 0 Å². The van der Waals surface area contributed by atoms with Gasteiger partial charge in [0.1, 0.15) is 11.5 Å². The minimum absolute atomic E-state index is 0.0606. The number of carbonyl (C=O) groups is 1. The molecule has 0 aliphatic carbocycles. The lowest BCUT2D eigenvalue weighted by Crippen LogP contribution is -2.38. The van der Waals surface area contributed by atoms with E-state index in [1.54, 1.807) is 0 Å². The number of nitrogens with one attached hydrogen (secondary N) is 1. The van der Waals surface area contributed by atoms with Gasteiger partial charge in [0, 0.05) is 6.54 Å². The number of para-hydroxylation sites is 1. The van der Waals surface area contributed by atoms with Crippen LogP contribution < -0.4 is 14.8 Å². The summed E-state index contributed by atoms with van der Waals surface area (Å²) in [5.41, 5.74) is 2.30. The van der Waals surface area contributed by atoms with E-state index < -0.39 is 6.10 Å². The van der Waals surface area contributed by atoms with Gasteiger partial charge in [0.2, 0.25) is 0 Å². The number of rotatable bonds is 11. The Hall–Kier alpha value is -2.49. The second-order valence-corrected chi connectivity index (χ2v) is 6.68. The summed E-state index contributed by atoms with van der Waals surface area (Å²) in [4.78, 5) is 12.4. The first kappa shape index (κ1) is 20.8. The minimum Gasteiger partial charge on any atom is -0.493 e. The van der Waals surface area contributed by atoms with Gasteiger partial charge in [-0.2, -0.15) is 0 Å². The zero-order valence-corrected chi connectivity index (χ0v) is 16.7. The average molecular weight is 370 g/mol. The van der Waals surface area contributed by atoms with Gasteiger partial charge in [-0.25, -0.2) is 0 Å². The van der Waals surface area contributed by atoms with Crippen LogP contribution >= 0.6 is 0 Å². The van der Waals surface area contributed by atoms with Crippen molar-refractivity contribution in [1.82, 2.24) is 5.32 Å². The summed E-state index contributed by atoms with van der Waals surface area (Å²) in [5, 5.41) is 3.00. The van der Waals surface area contributed by atoms with Crippen molar-refractivity contribution in [2.24, 2.45) is 0 Å². The molecule has 0 fully saturated rings. The third-order valence-corrected chi connectivity index (χ3v) is 4.29. The van der Waals surface area contributed by atoms with E-state index in [0.717, 1.165) is 42.9 Å². The Morgan fingerprint density at radius 1 is 1.11 bits per heavy atom. The molecule has 2 rings (SSSR count). The molecule has 1 N–H and O–H groups in total. The number of carbonyl (C=O) groups excluding carboxylic acids is 1. The highest BCUT2D eigenvalue weighted by molar-refractivity contribution is 5.81. The molecule has 0 unspecified atom stereocenters. The zero-order chi connectivity index (χ0) is 19.5. The molecule has 0 bridgehead atoms. The van der Waals surface area contributed by atoms with Crippen molar-refractivity contribution in [3.05, 3.63) is 59.7 Å². The maximum atomic E-state index is 12.4. The second-order valence-electron chi connectivity index (χ2n) is 6.68. The van der Waals surface area contributed by atoms with E-state index in [2.05, 4.69) is 18.3 Å². The van der Waals surface area contributed by atoms with Crippen LogP contribution in [0.15, 0.2) is 48.5 Å². The Kier molecular flexibility index (Phi) is 8.69. The second kappa shape index (κ2) is 11.3. The van der Waals surface area contributed by atoms with Gasteiger partial charge < -0.3 is 14.8 Å². The van der Waals surface area contributed by atoms with E-state index in [1.807, 2.05) is 56.3 Å². The van der Waals surface area contributed by atoms with Crippen molar-refractivity contribution in [2.75, 3.05) is 13.2 Å². The van der Waals surface area contributed by atoms with E-state index in [9.17, 15) is 4.79 Å². The fourth-order valence-electron chi connectivity index (χ4n) is 2.84. The fraction of sp³-hybridized carbons (Fsp3) is 0.435. The minimum atomic E-state index is -0.466. The van der Waals surface area contributed by atoms with Crippen LogP contribution in [0.5, 0.6) is 11.5 Å². The highest BCUT2D eigenvalue weighted by Gasteiger charge is 2.17. The average Bonchev–Trinajstić information content (AvgIpc) is 2.68. The van der Waals surface area contributed by atoms with Crippen LogP contribution in [0, 0.1) is 6.92 Å². The first-order valence-electron chi connectivity index (χ1n) is 9.85. The molecule has 2 aromatic rings. The Morgan fingerprint density at radius 2 is 1.93 bits per heavy atom. The third kappa shape index (κ3) is 6.97. The quantitative estimate of drug-likeness (QED) is 0.585. The van der Waals surface area contributed by atoms with E-state index in [0.29, 0.717) is 13.0 Å². The number of amides is 1. The van der Waals surface area contributed by atoms with E-state index in [4.69, 9.17) is 9.47 Å². The van der Waals surface area contributed by atoms with Crippen molar-refractivity contribution in [3.63, 3.8) is 0 Å². The summed E-state index contributed by atoms with van der Waals surface area (Å²) in [6.07, 6.45) is 2.89. The zero-order valence-electron chi connectivity index (χ0n) is 16.7. The summed E-state index contributed by atoms with van der Waals surface area (Å²) in [7, 11) is 0. The molecule has 0 saturated heterocycles. The third-order valence-electron chi connectivity index (χ3n) is 4.29. The Labute approximate surface area is 162 Å². The molecule has 4 nitrogen and oxygen atoms in total. The van der Waals surface area contributed by atoms with Crippen molar-refractivity contribution in [1.29, 1.82) is 0 Å². The summed E-state index contributed by atoms with van der Waals surface area (Å²) in [6.45, 7) is 7.41. The molecule has 0 aromatic heterocycles. The Morgan fingerprint density at radius 3 is 2.67 bits per heavy atom. The lowest BCUT2D eigenvalue weighted by atomic mass is 10.1. The number of hydrogen-bond donors (Lipinski definition) is 1. The van der Waals surface area contributed by atoms with Gasteiger partial charge in [-0.3, -0.25) is 4.79 Å². The monoisotopic (exact) mass is 369 g/mol. The van der Waals surface area contributed by atoms with Gasteiger partial charge in [0.25, 0.3) is 5.91 Å². The predicted molar refractivity (Wildman–Crippen MR) is 109 cm³/mol. The van der Waals surface area contributed by atoms with Crippen molar-refractivity contribution in [3.8, 4) is 11.5 Å². The first-order chi connectivity index (χ1) is 13.1. The first-order valence-corrected chi connectivity index (χ1v) is 9.85. The summed E-state index contributed by atoms with van der Waals surface area (Å²) in [6, 6.07) is 15.9. The van der Waals surface area contributed by atoms with Crippen LogP contribution in [-0.4, -0.2) is 25.2 Å². The molecule has 0 radical (unpaired) electrons. The van der Waals surface area contributed by atoms with Gasteiger partial charge in [0.05, 0.1) is 6.61 Å². The smallest absolute Gasteiger partial charge is 0.261 e. The molecule has 4 heteroatoms. The topological polar surface area (TPSA) is 47.6 Å². The maximum Gasteiger partial charge on any atom is 0.261 e. The molecule has 146 valence electrons. The maximum absolute atomic E-state index is 12.4. The fourth-order valence-corrected chi connectivity index (χ4v) is 2.84. The largest absolute Gasteiger partial charge is 0.493 e. The predicted octanol–water partition coefficient (Wildman–Crippen LogP) is 4.69. The summed E-state index contributed by atoms with van der Waals surface area (Å²) >= 11 is 0. The van der Waals surface area contributed by atoms with E-state index in [1.165, 1.54) is 5.56 Å². The van der Waals surface area contributed by atoms with E-state index in [-0.39, 0.29) is 5.91 Å². The van der Waals surface area contributed by atoms with E-state index >= 15 is 0 Å². The Balaban J connectivity index is 1.79. The van der Waals surface area contributed by atoms with Gasteiger partial charge in [-0.05, 0) is 61.9 Å². The molecular weight excluding hydrogens is 338 g/mol. The lowest BCUT2D eigenvalue weighted by Gasteiger charge is -2.17. The summed E-state index contributed by atoms with van der Waals surface area (Å²) in [5.74, 6) is 1.62. The van der Waals surface area contributed by atoms with Gasteiger partial charge in [-0.15, -0.1) is 0 Å². The lowest BCUT2D eigenvalue weighted by molar-refractivity contribution is -0.128. The molecule has 2 aromatic carbocycles. The molecular formula is C23H31NO3. The summed E-state index contributed by atoms with van der Waals surface area (Å²) < 4.78 is 11.6. The van der Waals surface area contributed by atoms with Crippen LogP contribution in [0.3, 0.4) is 0 Å². The molecule has 0 aliphatic heterocycles. The molecule has 27 heavy (non-hydrogen) atoms. The normalized spacial score (nSPS) is 11.7. The number of aryl methyl sites for hydroxylation is 2. The highest BCUT2D eigenvalue weighted by atomic mass is 16.5. The van der Waals surface area contributed by atoms with Gasteiger partial charge >= 0.3 is 0 Å². The van der Waals surface area contributed by atoms with Crippen molar-refractivity contribution < 1.29 is 14.3 Å². The van der Waals surface area contributed by atoms with Gasteiger partial charge in [0.15, 0.2) is 6.10 Å². The standard InChI is InChI=1S/C23H31NO3/c1-4-16-26-22-14-7-6-11-19(22)12-9-15-24-23(25)21(5-2)27-20-13-8-10-18(3)17-20/h6-8,10-11,13-14,17,21H,4-5,9,12,15-16H2,1-3H3,(H,24,25)/t21-/m1/s1. The van der Waals surface area contributed by atoms with Crippen LogP contribution in [0.4, 0.5) is 0 Å². The molecule has 1 atom stereocenters. The molecule has 1 amide bonds. The molecule has 0 spiro atoms. The Bertz CT molecular complexity index is 714. The highest BCUT2D eigenvalue weighted by Crippen LogP contribution is 2.20. The number of ether oxygens (including phenoxy) is 2. The van der Waals surface area contributed by atoms with Gasteiger partial charge in [-0.1, -0.05) is 44.2 Å². The number of benzene rings is 2. The van der Waals surface area contributed by atoms with Crippen LogP contribution in [-0.2, 0) is 11.2 Å². The van der Waals surface area contributed by atoms with Crippen molar-refractivity contribution in [2.45, 2.75) is 52.6 Å². The molecule has 0 heterocycles. The van der Waals surface area contributed by atoms with Crippen LogP contribution in [0.25, 0.3) is 0 Å². The molecule has 0 aliphatic rings. The van der Waals surface area contributed by atoms with Crippen molar-refractivity contribution >= 4 is 5.91 Å². The van der Waals surface area contributed by atoms with Crippen LogP contribution in [0.1, 0.15) is 44.2 Å². The molecule has 0 saturated carbocycles.